The molecule has 0 aliphatic carbocycles. The van der Waals surface area contributed by atoms with Crippen molar-refractivity contribution in [2.24, 2.45) is 0 Å². The van der Waals surface area contributed by atoms with Crippen LogP contribution < -0.4 is 19.1 Å². The molecule has 0 saturated carbocycles. The molecule has 0 aromatic heterocycles. The molecule has 1 amide bonds. The number of rotatable bonds is 7. The van der Waals surface area contributed by atoms with Crippen LogP contribution in [-0.2, 0) is 14.8 Å². The van der Waals surface area contributed by atoms with Crippen LogP contribution in [0.15, 0.2) is 48.5 Å². The molecule has 0 fully saturated rings. The monoisotopic (exact) mass is 378 g/mol. The minimum atomic E-state index is -3.33. The SMILES string of the molecule is COc1cccc(NC(=O)[C@H](C)Oc2ccc(N(C)S(C)(=O)=O)cc2)c1. The van der Waals surface area contributed by atoms with Crippen LogP contribution in [0.4, 0.5) is 11.4 Å². The minimum absolute atomic E-state index is 0.310. The third-order valence-electron chi connectivity index (χ3n) is 3.72. The second kappa shape index (κ2) is 8.09. The van der Waals surface area contributed by atoms with Gasteiger partial charge in [0, 0.05) is 18.8 Å². The van der Waals surface area contributed by atoms with Crippen molar-refractivity contribution in [2.75, 3.05) is 30.0 Å². The van der Waals surface area contributed by atoms with Gasteiger partial charge in [0.2, 0.25) is 10.0 Å². The summed E-state index contributed by atoms with van der Waals surface area (Å²) in [4.78, 5) is 12.3. The van der Waals surface area contributed by atoms with E-state index in [0.29, 0.717) is 22.9 Å². The van der Waals surface area contributed by atoms with Crippen LogP contribution in [0.3, 0.4) is 0 Å². The summed E-state index contributed by atoms with van der Waals surface area (Å²) in [6, 6.07) is 13.5. The Bertz CT molecular complexity index is 865. The number of amides is 1. The van der Waals surface area contributed by atoms with Crippen molar-refractivity contribution in [3.05, 3.63) is 48.5 Å². The van der Waals surface area contributed by atoms with E-state index < -0.39 is 16.1 Å². The Labute approximate surface area is 153 Å². The topological polar surface area (TPSA) is 84.9 Å². The number of carbonyl (C=O) groups is 1. The van der Waals surface area contributed by atoms with E-state index >= 15 is 0 Å². The van der Waals surface area contributed by atoms with Gasteiger partial charge in [0.1, 0.15) is 11.5 Å². The molecule has 0 aliphatic rings. The molecule has 2 aromatic rings. The second-order valence-corrected chi connectivity index (χ2v) is 7.72. The van der Waals surface area contributed by atoms with Crippen molar-refractivity contribution in [3.8, 4) is 11.5 Å². The van der Waals surface area contributed by atoms with Gasteiger partial charge in [0.15, 0.2) is 6.10 Å². The van der Waals surface area contributed by atoms with E-state index in [1.54, 1.807) is 62.6 Å². The van der Waals surface area contributed by atoms with Crippen LogP contribution in [0.1, 0.15) is 6.92 Å². The second-order valence-electron chi connectivity index (χ2n) is 5.71. The first-order valence-corrected chi connectivity index (χ1v) is 9.71. The fraction of sp³-hybridized carbons (Fsp3) is 0.278. The first-order chi connectivity index (χ1) is 12.2. The van der Waals surface area contributed by atoms with E-state index in [-0.39, 0.29) is 5.91 Å². The zero-order chi connectivity index (χ0) is 19.3. The highest BCUT2D eigenvalue weighted by Gasteiger charge is 2.16. The zero-order valence-electron chi connectivity index (χ0n) is 15.1. The normalized spacial score (nSPS) is 12.2. The van der Waals surface area contributed by atoms with Crippen molar-refractivity contribution < 1.29 is 22.7 Å². The third-order valence-corrected chi connectivity index (χ3v) is 4.92. The first-order valence-electron chi connectivity index (χ1n) is 7.86. The lowest BCUT2D eigenvalue weighted by molar-refractivity contribution is -0.122. The molecule has 1 atom stereocenters. The average Bonchev–Trinajstić information content (AvgIpc) is 2.61. The number of nitrogens with one attached hydrogen (secondary N) is 1. The fourth-order valence-electron chi connectivity index (χ4n) is 2.13. The summed E-state index contributed by atoms with van der Waals surface area (Å²) in [5, 5.41) is 2.75. The fourth-order valence-corrected chi connectivity index (χ4v) is 2.63. The van der Waals surface area contributed by atoms with Crippen LogP contribution in [0.2, 0.25) is 0 Å². The van der Waals surface area contributed by atoms with Gasteiger partial charge in [-0.25, -0.2) is 8.42 Å². The zero-order valence-corrected chi connectivity index (χ0v) is 15.9. The highest BCUT2D eigenvalue weighted by molar-refractivity contribution is 7.92. The molecule has 0 saturated heterocycles. The van der Waals surface area contributed by atoms with Gasteiger partial charge in [-0.3, -0.25) is 9.10 Å². The van der Waals surface area contributed by atoms with E-state index in [2.05, 4.69) is 5.32 Å². The number of benzene rings is 2. The van der Waals surface area contributed by atoms with Crippen LogP contribution in [0.5, 0.6) is 11.5 Å². The Hall–Kier alpha value is -2.74. The standard InChI is InChI=1S/C18H22N2O5S/c1-13(18(21)19-14-6-5-7-17(12-14)24-3)25-16-10-8-15(9-11-16)20(2)26(4,22)23/h5-13H,1-4H3,(H,19,21)/t13-/m0/s1. The molecule has 26 heavy (non-hydrogen) atoms. The number of nitrogens with zero attached hydrogens (tertiary/aromatic N) is 1. The summed E-state index contributed by atoms with van der Waals surface area (Å²) in [6.07, 6.45) is 0.391. The molecule has 2 aromatic carbocycles. The number of anilines is 2. The molecule has 140 valence electrons. The minimum Gasteiger partial charge on any atom is -0.497 e. The molecule has 8 heteroatoms. The average molecular weight is 378 g/mol. The highest BCUT2D eigenvalue weighted by atomic mass is 32.2. The number of ether oxygens (including phenoxy) is 2. The predicted octanol–water partition coefficient (Wildman–Crippen LogP) is 2.50. The molecule has 1 N–H and O–H groups in total. The molecule has 0 unspecified atom stereocenters. The molecule has 7 nitrogen and oxygen atoms in total. The van der Waals surface area contributed by atoms with Gasteiger partial charge in [-0.1, -0.05) is 6.07 Å². The van der Waals surface area contributed by atoms with Gasteiger partial charge < -0.3 is 14.8 Å². The summed E-state index contributed by atoms with van der Waals surface area (Å²) in [5.74, 6) is 0.793. The maximum absolute atomic E-state index is 12.3. The summed E-state index contributed by atoms with van der Waals surface area (Å²) < 4.78 is 35.0. The van der Waals surface area contributed by atoms with Gasteiger partial charge in [0.05, 0.1) is 19.1 Å². The number of carbonyl (C=O) groups excluding carboxylic acids is 1. The molecule has 2 rings (SSSR count). The van der Waals surface area contributed by atoms with E-state index in [9.17, 15) is 13.2 Å². The molecule has 0 spiro atoms. The lowest BCUT2D eigenvalue weighted by Crippen LogP contribution is -2.30. The van der Waals surface area contributed by atoms with E-state index in [4.69, 9.17) is 9.47 Å². The summed E-state index contributed by atoms with van der Waals surface area (Å²) in [7, 11) is -0.307. The highest BCUT2D eigenvalue weighted by Crippen LogP contribution is 2.22. The quantitative estimate of drug-likeness (QED) is 0.800. The molecule has 0 bridgehead atoms. The molecule has 0 aliphatic heterocycles. The summed E-state index contributed by atoms with van der Waals surface area (Å²) >= 11 is 0. The Kier molecular flexibility index (Phi) is 6.10. The lowest BCUT2D eigenvalue weighted by atomic mass is 10.2. The number of sulfonamides is 1. The molecule has 0 radical (unpaired) electrons. The Morgan fingerprint density at radius 1 is 1.12 bits per heavy atom. The third kappa shape index (κ3) is 5.13. The molecular formula is C18H22N2O5S. The van der Waals surface area contributed by atoms with Crippen LogP contribution >= 0.6 is 0 Å². The predicted molar refractivity (Wildman–Crippen MR) is 101 cm³/mol. The Balaban J connectivity index is 2.00. The first kappa shape index (κ1) is 19.6. The molecule has 0 heterocycles. The molecular weight excluding hydrogens is 356 g/mol. The maximum atomic E-state index is 12.3. The van der Waals surface area contributed by atoms with E-state index in [1.165, 1.54) is 7.05 Å². The maximum Gasteiger partial charge on any atom is 0.265 e. The van der Waals surface area contributed by atoms with E-state index in [1.807, 2.05) is 0 Å². The van der Waals surface area contributed by atoms with Crippen molar-refractivity contribution in [1.29, 1.82) is 0 Å². The van der Waals surface area contributed by atoms with Crippen molar-refractivity contribution in [3.63, 3.8) is 0 Å². The number of hydrogen-bond acceptors (Lipinski definition) is 5. The Morgan fingerprint density at radius 2 is 1.77 bits per heavy atom. The number of methoxy groups -OCH3 is 1. The van der Waals surface area contributed by atoms with Crippen LogP contribution in [0, 0.1) is 0 Å². The van der Waals surface area contributed by atoms with E-state index in [0.717, 1.165) is 10.6 Å². The van der Waals surface area contributed by atoms with Crippen molar-refractivity contribution >= 4 is 27.3 Å². The van der Waals surface area contributed by atoms with Gasteiger partial charge in [-0.05, 0) is 43.3 Å². The smallest absolute Gasteiger partial charge is 0.265 e. The van der Waals surface area contributed by atoms with Crippen molar-refractivity contribution in [2.45, 2.75) is 13.0 Å². The van der Waals surface area contributed by atoms with Gasteiger partial charge in [-0.2, -0.15) is 0 Å². The van der Waals surface area contributed by atoms with Crippen molar-refractivity contribution in [1.82, 2.24) is 0 Å². The lowest BCUT2D eigenvalue weighted by Gasteiger charge is -2.18. The Morgan fingerprint density at radius 3 is 2.35 bits per heavy atom. The number of hydrogen-bond donors (Lipinski definition) is 1. The largest absolute Gasteiger partial charge is 0.497 e. The van der Waals surface area contributed by atoms with Gasteiger partial charge in [0.25, 0.3) is 5.91 Å². The van der Waals surface area contributed by atoms with Crippen LogP contribution in [-0.4, -0.2) is 40.8 Å². The summed E-state index contributed by atoms with van der Waals surface area (Å²) in [6.45, 7) is 1.63. The van der Waals surface area contributed by atoms with Gasteiger partial charge >= 0.3 is 0 Å². The van der Waals surface area contributed by atoms with Crippen LogP contribution in [0.25, 0.3) is 0 Å². The van der Waals surface area contributed by atoms with Gasteiger partial charge in [-0.15, -0.1) is 0 Å². The summed E-state index contributed by atoms with van der Waals surface area (Å²) in [5.41, 5.74) is 1.11.